The molecule has 1 aliphatic heterocycles. The Morgan fingerprint density at radius 1 is 1.00 bits per heavy atom. The Kier molecular flexibility index (Phi) is 5.57. The molecule has 0 saturated carbocycles. The maximum atomic E-state index is 12.6. The molecule has 156 valence electrons. The molecule has 6 heteroatoms. The van der Waals surface area contributed by atoms with Crippen LogP contribution in [0.4, 0.5) is 5.82 Å². The number of aryl methyl sites for hydroxylation is 2. The fraction of sp³-hybridized carbons (Fsp3) is 0.375. The molecule has 2 aromatic heterocycles. The van der Waals surface area contributed by atoms with Gasteiger partial charge in [0.05, 0.1) is 6.26 Å². The van der Waals surface area contributed by atoms with Gasteiger partial charge in [0.1, 0.15) is 5.82 Å². The Hall–Kier alpha value is -3.15. The summed E-state index contributed by atoms with van der Waals surface area (Å²) in [7, 11) is 0. The van der Waals surface area contributed by atoms with Crippen LogP contribution in [0.1, 0.15) is 47.1 Å². The van der Waals surface area contributed by atoms with Crippen LogP contribution in [0.2, 0.25) is 0 Å². The van der Waals surface area contributed by atoms with E-state index < -0.39 is 0 Å². The van der Waals surface area contributed by atoms with E-state index in [0.717, 1.165) is 36.0 Å². The minimum atomic E-state index is -0.0528. The molecule has 1 aromatic carbocycles. The number of nitrogens with zero attached hydrogens (tertiary/aromatic N) is 4. The first-order valence-corrected chi connectivity index (χ1v) is 10.5. The van der Waals surface area contributed by atoms with E-state index in [9.17, 15) is 4.79 Å². The van der Waals surface area contributed by atoms with Crippen LogP contribution in [-0.2, 0) is 0 Å². The summed E-state index contributed by atoms with van der Waals surface area (Å²) in [4.78, 5) is 26.5. The molecule has 0 bridgehead atoms. The lowest BCUT2D eigenvalue weighted by atomic mass is 10.0. The van der Waals surface area contributed by atoms with Gasteiger partial charge in [0, 0.05) is 43.0 Å². The van der Waals surface area contributed by atoms with Crippen LogP contribution in [0.5, 0.6) is 0 Å². The Balaban J connectivity index is 1.61. The highest BCUT2D eigenvalue weighted by Gasteiger charge is 2.27. The first-order chi connectivity index (χ1) is 14.4. The molecule has 1 saturated heterocycles. The molecule has 3 heterocycles. The van der Waals surface area contributed by atoms with Crippen molar-refractivity contribution in [3.63, 3.8) is 0 Å². The highest BCUT2D eigenvalue weighted by atomic mass is 16.3. The maximum absolute atomic E-state index is 12.6. The summed E-state index contributed by atoms with van der Waals surface area (Å²) >= 11 is 0. The molecule has 0 N–H and O–H groups in total. The molecule has 1 fully saturated rings. The normalized spacial score (nSPS) is 14.4. The van der Waals surface area contributed by atoms with Gasteiger partial charge in [-0.15, -0.1) is 0 Å². The topological polar surface area (TPSA) is 62.5 Å². The van der Waals surface area contributed by atoms with Gasteiger partial charge in [-0.3, -0.25) is 4.79 Å². The second kappa shape index (κ2) is 8.30. The predicted octanol–water partition coefficient (Wildman–Crippen LogP) is 4.44. The first-order valence-electron chi connectivity index (χ1n) is 10.5. The van der Waals surface area contributed by atoms with E-state index >= 15 is 0 Å². The van der Waals surface area contributed by atoms with Crippen molar-refractivity contribution >= 4 is 11.7 Å². The van der Waals surface area contributed by atoms with E-state index in [1.165, 1.54) is 17.4 Å². The number of hydrogen-bond donors (Lipinski definition) is 0. The monoisotopic (exact) mass is 404 g/mol. The Bertz CT molecular complexity index is 1020. The molecule has 1 aliphatic rings. The average Bonchev–Trinajstić information content (AvgIpc) is 3.28. The van der Waals surface area contributed by atoms with Gasteiger partial charge in [-0.25, -0.2) is 9.97 Å². The lowest BCUT2D eigenvalue weighted by Gasteiger charge is -2.36. The molecule has 0 atom stereocenters. The largest absolute Gasteiger partial charge is 0.459 e. The van der Waals surface area contributed by atoms with E-state index in [1.807, 2.05) is 4.90 Å². The lowest BCUT2D eigenvalue weighted by Crippen LogP contribution is -2.49. The van der Waals surface area contributed by atoms with Gasteiger partial charge in [-0.2, -0.15) is 0 Å². The van der Waals surface area contributed by atoms with Crippen molar-refractivity contribution in [2.24, 2.45) is 0 Å². The molecule has 30 heavy (non-hydrogen) atoms. The summed E-state index contributed by atoms with van der Waals surface area (Å²) in [5.74, 6) is 2.39. The smallest absolute Gasteiger partial charge is 0.289 e. The third kappa shape index (κ3) is 3.95. The average molecular weight is 405 g/mol. The van der Waals surface area contributed by atoms with E-state index in [1.54, 1.807) is 12.1 Å². The van der Waals surface area contributed by atoms with Crippen LogP contribution in [-0.4, -0.2) is 47.0 Å². The van der Waals surface area contributed by atoms with Gasteiger partial charge < -0.3 is 14.2 Å². The van der Waals surface area contributed by atoms with Gasteiger partial charge in [0.25, 0.3) is 5.91 Å². The standard InChI is InChI=1S/C24H28N4O2/c1-16(2)21-18(4)25-22(19-9-7-17(3)8-10-19)26-23(21)27-11-13-28(14-12-27)24(29)20-6-5-15-30-20/h5-10,15-16H,11-14H2,1-4H3. The highest BCUT2D eigenvalue weighted by molar-refractivity contribution is 5.91. The number of anilines is 1. The zero-order valence-electron chi connectivity index (χ0n) is 18.1. The van der Waals surface area contributed by atoms with E-state index in [-0.39, 0.29) is 5.91 Å². The van der Waals surface area contributed by atoms with Gasteiger partial charge in [0.2, 0.25) is 0 Å². The Morgan fingerprint density at radius 3 is 2.30 bits per heavy atom. The summed E-state index contributed by atoms with van der Waals surface area (Å²) in [5.41, 5.74) is 4.43. The van der Waals surface area contributed by atoms with Crippen molar-refractivity contribution in [3.05, 3.63) is 65.2 Å². The van der Waals surface area contributed by atoms with Crippen molar-refractivity contribution < 1.29 is 9.21 Å². The van der Waals surface area contributed by atoms with E-state index in [2.05, 4.69) is 56.9 Å². The van der Waals surface area contributed by atoms with Crippen LogP contribution in [0.25, 0.3) is 11.4 Å². The van der Waals surface area contributed by atoms with Gasteiger partial charge >= 0.3 is 0 Å². The van der Waals surface area contributed by atoms with E-state index in [4.69, 9.17) is 14.4 Å². The number of benzene rings is 1. The van der Waals surface area contributed by atoms with Gasteiger partial charge in [0.15, 0.2) is 11.6 Å². The molecule has 0 spiro atoms. The molecule has 0 unspecified atom stereocenters. The summed E-state index contributed by atoms with van der Waals surface area (Å²) in [6.07, 6.45) is 1.54. The lowest BCUT2D eigenvalue weighted by molar-refractivity contribution is 0.0714. The quantitative estimate of drug-likeness (QED) is 0.643. The molecule has 1 amide bonds. The van der Waals surface area contributed by atoms with Crippen molar-refractivity contribution in [3.8, 4) is 11.4 Å². The summed E-state index contributed by atoms with van der Waals surface area (Å²) in [6, 6.07) is 11.8. The third-order valence-corrected chi connectivity index (χ3v) is 5.60. The number of piperazine rings is 1. The van der Waals surface area contributed by atoms with Crippen LogP contribution in [0.15, 0.2) is 47.1 Å². The van der Waals surface area contributed by atoms with Gasteiger partial charge in [-0.05, 0) is 31.9 Å². The van der Waals surface area contributed by atoms with Crippen molar-refractivity contribution in [2.45, 2.75) is 33.6 Å². The number of aromatic nitrogens is 2. The number of carbonyl (C=O) groups is 1. The molecule has 4 rings (SSSR count). The highest BCUT2D eigenvalue weighted by Crippen LogP contribution is 2.31. The van der Waals surface area contributed by atoms with Crippen molar-refractivity contribution in [1.29, 1.82) is 0 Å². The zero-order valence-corrected chi connectivity index (χ0v) is 18.1. The Morgan fingerprint density at radius 2 is 1.70 bits per heavy atom. The minimum Gasteiger partial charge on any atom is -0.459 e. The second-order valence-electron chi connectivity index (χ2n) is 8.15. The first kappa shape index (κ1) is 20.1. The number of hydrogen-bond acceptors (Lipinski definition) is 5. The second-order valence-corrected chi connectivity index (χ2v) is 8.15. The fourth-order valence-electron chi connectivity index (χ4n) is 3.99. The molecule has 0 aliphatic carbocycles. The van der Waals surface area contributed by atoms with E-state index in [0.29, 0.717) is 24.8 Å². The molecular formula is C24H28N4O2. The molecular weight excluding hydrogens is 376 g/mol. The van der Waals surface area contributed by atoms with Crippen LogP contribution in [0, 0.1) is 13.8 Å². The zero-order chi connectivity index (χ0) is 21.3. The number of furan rings is 1. The van der Waals surface area contributed by atoms with Crippen LogP contribution < -0.4 is 4.90 Å². The molecule has 0 radical (unpaired) electrons. The summed E-state index contributed by atoms with van der Waals surface area (Å²) in [6.45, 7) is 11.2. The Labute approximate surface area is 177 Å². The number of rotatable bonds is 4. The third-order valence-electron chi connectivity index (χ3n) is 5.60. The maximum Gasteiger partial charge on any atom is 0.289 e. The number of carbonyl (C=O) groups excluding carboxylic acids is 1. The van der Waals surface area contributed by atoms with Crippen molar-refractivity contribution in [2.75, 3.05) is 31.1 Å². The molecule has 3 aromatic rings. The predicted molar refractivity (Wildman–Crippen MR) is 118 cm³/mol. The molecule has 6 nitrogen and oxygen atoms in total. The van der Waals surface area contributed by atoms with Crippen molar-refractivity contribution in [1.82, 2.24) is 14.9 Å². The van der Waals surface area contributed by atoms with Crippen LogP contribution >= 0.6 is 0 Å². The summed E-state index contributed by atoms with van der Waals surface area (Å²) in [5, 5.41) is 0. The fourth-order valence-corrected chi connectivity index (χ4v) is 3.99. The van der Waals surface area contributed by atoms with Gasteiger partial charge in [-0.1, -0.05) is 43.7 Å². The minimum absolute atomic E-state index is 0.0528. The van der Waals surface area contributed by atoms with Crippen LogP contribution in [0.3, 0.4) is 0 Å². The summed E-state index contributed by atoms with van der Waals surface area (Å²) < 4.78 is 5.27. The SMILES string of the molecule is Cc1ccc(-c2nc(C)c(C(C)C)c(N3CCN(C(=O)c4ccco4)CC3)n2)cc1. The number of amides is 1.